The summed E-state index contributed by atoms with van der Waals surface area (Å²) in [5.74, 6) is -1.20. The Morgan fingerprint density at radius 1 is 1.00 bits per heavy atom. The molecule has 0 aromatic rings. The van der Waals surface area contributed by atoms with Gasteiger partial charge in [0.1, 0.15) is 0 Å². The molecule has 0 nitrogen and oxygen atoms in total. The number of halogens is 5. The van der Waals surface area contributed by atoms with Crippen molar-refractivity contribution in [1.82, 2.24) is 0 Å². The molecule has 0 aromatic carbocycles. The number of rotatable bonds is 0. The lowest BCUT2D eigenvalue weighted by atomic mass is 30.4. The predicted molar refractivity (Wildman–Crippen MR) is 43.8 cm³/mol. The van der Waals surface area contributed by atoms with E-state index in [0.717, 1.165) is 0 Å². The first-order valence-electron chi connectivity index (χ1n) is 0.816. The van der Waals surface area contributed by atoms with E-state index in [1.807, 2.05) is 0 Å². The maximum Gasteiger partial charge on any atom is 0.179 e. The summed E-state index contributed by atoms with van der Waals surface area (Å²) >= 11 is 14.6. The van der Waals surface area contributed by atoms with E-state index in [9.17, 15) is 0 Å². The Morgan fingerprint density at radius 2 is 1.00 bits per heavy atom. The molecule has 0 atom stereocenters. The van der Waals surface area contributed by atoms with Gasteiger partial charge < -0.3 is 0 Å². The van der Waals surface area contributed by atoms with Crippen LogP contribution in [0.1, 0.15) is 0 Å². The summed E-state index contributed by atoms with van der Waals surface area (Å²) in [6.45, 7) is 0. The molecule has 0 aromatic heterocycles. The minimum atomic E-state index is -1.20. The van der Waals surface area contributed by atoms with E-state index in [-0.39, 0.29) is 0 Å². The molecule has 0 fully saturated rings. The van der Waals surface area contributed by atoms with Gasteiger partial charge in [0.25, 0.3) is 0 Å². The lowest BCUT2D eigenvalue weighted by Crippen LogP contribution is -0.958. The normalized spacial score (nSPS) is 7.71. The van der Waals surface area contributed by atoms with Gasteiger partial charge in [0.05, 0.1) is 10.2 Å². The number of hydrogen-bond acceptors (Lipinski definition) is 1. The minimum Gasteiger partial charge on any atom is -0.0596 e. The molecule has 0 saturated carbocycles. The summed E-state index contributed by atoms with van der Waals surface area (Å²) in [4.78, 5) is 0. The van der Waals surface area contributed by atoms with Gasteiger partial charge >= 0.3 is 0 Å². The topological polar surface area (TPSA) is 0 Å². The van der Waals surface area contributed by atoms with E-state index in [2.05, 4.69) is 21.4 Å². The third-order valence-corrected chi connectivity index (χ3v) is 0. The average molecular weight is 240 g/mol. The van der Waals surface area contributed by atoms with Crippen LogP contribution in [0.4, 0.5) is 0 Å². The van der Waals surface area contributed by atoms with Crippen molar-refractivity contribution in [1.29, 1.82) is 0 Å². The fraction of sp³-hybridized carbons (Fsp3) is 0. The van der Waals surface area contributed by atoms with Gasteiger partial charge in [-0.25, -0.2) is 0 Å². The molecular weight excluding hydrogens is 240 g/mol. The van der Waals surface area contributed by atoms with Crippen LogP contribution < -0.4 is 0 Å². The van der Waals surface area contributed by atoms with E-state index in [0.29, 0.717) is 10.2 Å². The standard InChI is InChI=1S/Cl3P.Cl2S/c1-4(2)3;1-3-2. The third-order valence-electron chi connectivity index (χ3n) is 0. The summed E-state index contributed by atoms with van der Waals surface area (Å²) in [6, 6.07) is 0. The first kappa shape index (κ1) is 12.0. The molecule has 0 saturated heterocycles. The molecule has 7 heavy (non-hydrogen) atoms. The summed E-state index contributed by atoms with van der Waals surface area (Å²) in [7, 11) is 10.1. The SMILES string of the molecule is ClP(Cl)Cl.ClSCl. The average Bonchev–Trinajstić information content (AvgIpc) is 1.33. The van der Waals surface area contributed by atoms with Gasteiger partial charge in [-0.15, -0.1) is 0 Å². The Balaban J connectivity index is 0. The van der Waals surface area contributed by atoms with Crippen molar-refractivity contribution >= 4 is 71.3 Å². The van der Waals surface area contributed by atoms with E-state index in [1.54, 1.807) is 0 Å². The van der Waals surface area contributed by atoms with Crippen LogP contribution in [0.15, 0.2) is 0 Å². The van der Waals surface area contributed by atoms with Gasteiger partial charge in [-0.2, -0.15) is 0 Å². The van der Waals surface area contributed by atoms with Crippen molar-refractivity contribution in [3.8, 4) is 0 Å². The summed E-state index contributed by atoms with van der Waals surface area (Å²) in [5.41, 5.74) is 0. The van der Waals surface area contributed by atoms with E-state index >= 15 is 0 Å². The van der Waals surface area contributed by atoms with Crippen LogP contribution in [0.2, 0.25) is 0 Å². The van der Waals surface area contributed by atoms with Gasteiger partial charge in [0, 0.05) is 0 Å². The fourth-order valence-electron chi connectivity index (χ4n) is 0. The Hall–Kier alpha value is 2.23. The van der Waals surface area contributed by atoms with Crippen molar-refractivity contribution < 1.29 is 0 Å². The van der Waals surface area contributed by atoms with Gasteiger partial charge in [-0.05, 0) is 21.4 Å². The molecule has 0 heterocycles. The lowest BCUT2D eigenvalue weighted by Gasteiger charge is -1.68. The molecule has 0 aliphatic rings. The minimum absolute atomic E-state index is 0.694. The molecule has 0 aliphatic heterocycles. The smallest absolute Gasteiger partial charge is 0.0596 e. The molecule has 46 valence electrons. The van der Waals surface area contributed by atoms with Gasteiger partial charge in [-0.3, -0.25) is 0 Å². The quantitative estimate of drug-likeness (QED) is 0.539. The van der Waals surface area contributed by atoms with Crippen LogP contribution in [0.5, 0.6) is 0 Å². The Bertz CT molecular complexity index is 19.3. The molecule has 0 N–H and O–H groups in total. The predicted octanol–water partition coefficient (Wildman–Crippen LogP) is 4.96. The fourth-order valence-corrected chi connectivity index (χ4v) is 0. The second kappa shape index (κ2) is 11.1. The van der Waals surface area contributed by atoms with Crippen LogP contribution in [0.3, 0.4) is 0 Å². The second-order valence-corrected chi connectivity index (χ2v) is 6.75. The zero-order chi connectivity index (χ0) is 6.28. The van der Waals surface area contributed by atoms with Crippen molar-refractivity contribution in [3.63, 3.8) is 0 Å². The largest absolute Gasteiger partial charge is 0.179 e. The first-order chi connectivity index (χ1) is 3.15. The van der Waals surface area contributed by atoms with Gasteiger partial charge in [0.15, 0.2) is 5.98 Å². The van der Waals surface area contributed by atoms with Crippen LogP contribution in [-0.4, -0.2) is 0 Å². The summed E-state index contributed by atoms with van der Waals surface area (Å²) < 4.78 is 0. The van der Waals surface area contributed by atoms with Crippen LogP contribution in [0.25, 0.3) is 0 Å². The zero-order valence-electron chi connectivity index (χ0n) is 2.75. The number of hydrogen-bond donors (Lipinski definition) is 0. The van der Waals surface area contributed by atoms with Crippen LogP contribution >= 0.6 is 71.3 Å². The monoisotopic (exact) mass is 238 g/mol. The van der Waals surface area contributed by atoms with Crippen molar-refractivity contribution in [2.24, 2.45) is 0 Å². The highest BCUT2D eigenvalue weighted by Gasteiger charge is 1.80. The maximum atomic E-state index is 4.87. The lowest BCUT2D eigenvalue weighted by molar-refractivity contribution is 4.58. The molecule has 0 rings (SSSR count). The Labute approximate surface area is 70.9 Å². The second-order valence-electron chi connectivity index (χ2n) is 0.250. The molecule has 0 bridgehead atoms. The molecule has 0 unspecified atom stereocenters. The molecule has 0 amide bonds. The van der Waals surface area contributed by atoms with Gasteiger partial charge in [-0.1, -0.05) is 33.7 Å². The molecular formula is Cl5PS. The van der Waals surface area contributed by atoms with E-state index in [4.69, 9.17) is 33.7 Å². The van der Waals surface area contributed by atoms with Crippen LogP contribution in [0, 0.1) is 0 Å². The Morgan fingerprint density at radius 3 is 1.00 bits per heavy atom. The van der Waals surface area contributed by atoms with Gasteiger partial charge in [0.2, 0.25) is 0 Å². The highest BCUT2D eigenvalue weighted by Crippen LogP contribution is 2.51. The highest BCUT2D eigenvalue weighted by molar-refractivity contribution is 8.38. The Kier molecular flexibility index (Phi) is 18.9. The zero-order valence-corrected chi connectivity index (χ0v) is 8.24. The molecule has 7 heteroatoms. The van der Waals surface area contributed by atoms with Crippen molar-refractivity contribution in [2.75, 3.05) is 0 Å². The van der Waals surface area contributed by atoms with Crippen molar-refractivity contribution in [3.05, 3.63) is 0 Å². The van der Waals surface area contributed by atoms with Crippen molar-refractivity contribution in [2.45, 2.75) is 0 Å². The van der Waals surface area contributed by atoms with E-state index in [1.165, 1.54) is 0 Å². The molecule has 0 spiro atoms. The molecule has 0 aliphatic carbocycles. The third kappa shape index (κ3) is 64.2. The highest BCUT2D eigenvalue weighted by atomic mass is 36.0. The first-order valence-corrected chi connectivity index (χ1v) is 7.34. The summed E-state index contributed by atoms with van der Waals surface area (Å²) in [6.07, 6.45) is 0. The summed E-state index contributed by atoms with van der Waals surface area (Å²) in [5, 5.41) is 0. The molecule has 0 radical (unpaired) electrons. The van der Waals surface area contributed by atoms with Crippen LogP contribution in [-0.2, 0) is 0 Å². The maximum absolute atomic E-state index is 4.87. The van der Waals surface area contributed by atoms with E-state index < -0.39 is 5.98 Å².